The highest BCUT2D eigenvalue weighted by Crippen LogP contribution is 2.25. The van der Waals surface area contributed by atoms with Crippen molar-refractivity contribution in [3.63, 3.8) is 0 Å². The van der Waals surface area contributed by atoms with E-state index in [9.17, 15) is 0 Å². The molecule has 0 amide bonds. The van der Waals surface area contributed by atoms with E-state index >= 15 is 0 Å². The maximum atomic E-state index is 5.62. The van der Waals surface area contributed by atoms with Gasteiger partial charge in [-0.3, -0.25) is 0 Å². The van der Waals surface area contributed by atoms with Gasteiger partial charge in [-0.2, -0.15) is 24.7 Å². The molecule has 0 bridgehead atoms. The van der Waals surface area contributed by atoms with Crippen LogP contribution in [0.3, 0.4) is 0 Å². The molecule has 3 rings (SSSR count). The molecule has 0 saturated carbocycles. The first kappa shape index (κ1) is 11.0. The second-order valence-electron chi connectivity index (χ2n) is 2.92. The maximum Gasteiger partial charge on any atom is 0.257 e. The minimum Gasteiger partial charge on any atom is -0.368 e. The molecular weight excluding hydrogens is 274 g/mol. The fraction of sp³-hybridized carbons (Fsp3) is 0. The summed E-state index contributed by atoms with van der Waals surface area (Å²) in [6.45, 7) is 0. The summed E-state index contributed by atoms with van der Waals surface area (Å²) in [6, 6.07) is 0. The van der Waals surface area contributed by atoms with Gasteiger partial charge in [-0.05, 0) is 11.8 Å². The molecule has 0 fully saturated rings. The third kappa shape index (κ3) is 2.26. The molecule has 0 saturated heterocycles. The van der Waals surface area contributed by atoms with E-state index < -0.39 is 0 Å². The van der Waals surface area contributed by atoms with Crippen molar-refractivity contribution in [2.75, 3.05) is 5.73 Å². The minimum absolute atomic E-state index is 0.113. The van der Waals surface area contributed by atoms with Crippen LogP contribution in [-0.4, -0.2) is 39.9 Å². The zero-order chi connectivity index (χ0) is 12.4. The lowest BCUT2D eigenvalue weighted by Gasteiger charge is -2.01. The molecule has 0 aliphatic rings. The Morgan fingerprint density at radius 1 is 1.28 bits per heavy atom. The van der Waals surface area contributed by atoms with Gasteiger partial charge in [0.25, 0.3) is 5.95 Å². The Kier molecular flexibility index (Phi) is 2.82. The third-order valence-corrected chi connectivity index (χ3v) is 3.41. The normalized spacial score (nSPS) is 10.7. The Morgan fingerprint density at radius 3 is 2.94 bits per heavy atom. The highest BCUT2D eigenvalue weighted by molar-refractivity contribution is 8.00. The van der Waals surface area contributed by atoms with E-state index in [1.165, 1.54) is 40.4 Å². The fourth-order valence-corrected chi connectivity index (χ4v) is 2.44. The number of nitrogen functional groups attached to an aromatic ring is 1. The van der Waals surface area contributed by atoms with Gasteiger partial charge < -0.3 is 5.73 Å². The van der Waals surface area contributed by atoms with Crippen LogP contribution in [-0.2, 0) is 0 Å². The lowest BCUT2D eigenvalue weighted by molar-refractivity contribution is 0.763. The lowest BCUT2D eigenvalue weighted by Crippen LogP contribution is -2.07. The number of aromatic nitrogens is 8. The third-order valence-electron chi connectivity index (χ3n) is 1.76. The van der Waals surface area contributed by atoms with Crippen LogP contribution in [0.4, 0.5) is 5.95 Å². The van der Waals surface area contributed by atoms with E-state index in [0.717, 1.165) is 4.34 Å². The van der Waals surface area contributed by atoms with E-state index in [-0.39, 0.29) is 5.95 Å². The van der Waals surface area contributed by atoms with Gasteiger partial charge in [0, 0.05) is 0 Å². The highest BCUT2D eigenvalue weighted by atomic mass is 32.2. The first-order valence-electron chi connectivity index (χ1n) is 4.62. The van der Waals surface area contributed by atoms with E-state index in [4.69, 9.17) is 5.73 Å². The summed E-state index contributed by atoms with van der Waals surface area (Å²) in [6.07, 6.45) is 2.87. The van der Waals surface area contributed by atoms with Crippen molar-refractivity contribution in [1.29, 1.82) is 0 Å². The van der Waals surface area contributed by atoms with Crippen molar-refractivity contribution in [1.82, 2.24) is 39.9 Å². The van der Waals surface area contributed by atoms with Gasteiger partial charge in [0.15, 0.2) is 4.34 Å². The molecule has 0 unspecified atom stereocenters. The van der Waals surface area contributed by atoms with Crippen LogP contribution in [0.2, 0.25) is 0 Å². The zero-order valence-electron chi connectivity index (χ0n) is 8.70. The summed E-state index contributed by atoms with van der Waals surface area (Å²) in [5.74, 6) is 0.425. The summed E-state index contributed by atoms with van der Waals surface area (Å²) in [5.41, 5.74) is 7.25. The largest absolute Gasteiger partial charge is 0.368 e. The Morgan fingerprint density at radius 2 is 2.22 bits per heavy atom. The standard InChI is InChI=1S/C7H5N9S2/c8-4-12-5(16-2-9-1-11-16)14-6(13-4)18-7-15-10-3-17-7/h1-3H,(H2,8,12,13,14). The van der Waals surface area contributed by atoms with Crippen molar-refractivity contribution in [2.45, 2.75) is 9.50 Å². The quantitative estimate of drug-likeness (QED) is 0.707. The van der Waals surface area contributed by atoms with E-state index in [0.29, 0.717) is 11.1 Å². The van der Waals surface area contributed by atoms with Crippen molar-refractivity contribution in [2.24, 2.45) is 0 Å². The van der Waals surface area contributed by atoms with Crippen LogP contribution < -0.4 is 5.73 Å². The second-order valence-corrected chi connectivity index (χ2v) is 4.97. The molecule has 0 radical (unpaired) electrons. The molecule has 0 spiro atoms. The summed E-state index contributed by atoms with van der Waals surface area (Å²) in [7, 11) is 0. The molecule has 11 heteroatoms. The van der Waals surface area contributed by atoms with Crippen molar-refractivity contribution < 1.29 is 0 Å². The van der Waals surface area contributed by atoms with E-state index in [2.05, 4.69) is 35.2 Å². The van der Waals surface area contributed by atoms with Crippen molar-refractivity contribution >= 4 is 29.0 Å². The number of nitrogens with zero attached hydrogens (tertiary/aromatic N) is 8. The molecule has 90 valence electrons. The number of anilines is 1. The molecule has 9 nitrogen and oxygen atoms in total. The minimum atomic E-state index is 0.113. The summed E-state index contributed by atoms with van der Waals surface area (Å²) < 4.78 is 2.13. The number of hydrogen-bond acceptors (Lipinski definition) is 10. The fourth-order valence-electron chi connectivity index (χ4n) is 1.11. The van der Waals surface area contributed by atoms with Crippen molar-refractivity contribution in [3.05, 3.63) is 18.2 Å². The van der Waals surface area contributed by atoms with Crippen LogP contribution in [0.5, 0.6) is 0 Å². The molecular formula is C7H5N9S2. The first-order chi connectivity index (χ1) is 8.81. The number of rotatable bonds is 3. The summed E-state index contributed by atoms with van der Waals surface area (Å²) in [5, 5.41) is 12.0. The van der Waals surface area contributed by atoms with Crippen LogP contribution in [0.15, 0.2) is 27.7 Å². The predicted octanol–water partition coefficient (Wildman–Crippen LogP) is 0.0372. The average molecular weight is 279 g/mol. The highest BCUT2D eigenvalue weighted by Gasteiger charge is 2.09. The predicted molar refractivity (Wildman–Crippen MR) is 63.2 cm³/mol. The van der Waals surface area contributed by atoms with Gasteiger partial charge in [0.05, 0.1) is 0 Å². The second kappa shape index (κ2) is 4.62. The topological polar surface area (TPSA) is 121 Å². The maximum absolute atomic E-state index is 5.62. The molecule has 3 aromatic heterocycles. The molecule has 0 aliphatic carbocycles. The lowest BCUT2D eigenvalue weighted by atomic mass is 10.9. The van der Waals surface area contributed by atoms with Gasteiger partial charge in [-0.1, -0.05) is 11.3 Å². The van der Waals surface area contributed by atoms with Gasteiger partial charge in [-0.25, -0.2) is 4.98 Å². The van der Waals surface area contributed by atoms with Crippen LogP contribution in [0.25, 0.3) is 5.95 Å². The summed E-state index contributed by atoms with van der Waals surface area (Å²) in [4.78, 5) is 16.0. The Hall–Kier alpha value is -2.14. The zero-order valence-corrected chi connectivity index (χ0v) is 10.3. The van der Waals surface area contributed by atoms with Crippen molar-refractivity contribution in [3.8, 4) is 5.95 Å². The van der Waals surface area contributed by atoms with Crippen LogP contribution in [0, 0.1) is 0 Å². The molecule has 0 atom stereocenters. The van der Waals surface area contributed by atoms with E-state index in [1.54, 1.807) is 5.51 Å². The monoisotopic (exact) mass is 279 g/mol. The van der Waals surface area contributed by atoms with Crippen LogP contribution in [0.1, 0.15) is 0 Å². The molecule has 18 heavy (non-hydrogen) atoms. The van der Waals surface area contributed by atoms with Gasteiger partial charge in [-0.15, -0.1) is 10.2 Å². The van der Waals surface area contributed by atoms with Crippen LogP contribution >= 0.6 is 23.1 Å². The first-order valence-corrected chi connectivity index (χ1v) is 6.31. The van der Waals surface area contributed by atoms with Gasteiger partial charge >= 0.3 is 0 Å². The molecule has 3 heterocycles. The number of hydrogen-bond donors (Lipinski definition) is 1. The molecule has 2 N–H and O–H groups in total. The Labute approximate surface area is 109 Å². The molecule has 0 aliphatic heterocycles. The van der Waals surface area contributed by atoms with Gasteiger partial charge in [0.2, 0.25) is 11.1 Å². The average Bonchev–Trinajstić information content (AvgIpc) is 3.00. The van der Waals surface area contributed by atoms with E-state index in [1.807, 2.05) is 0 Å². The smallest absolute Gasteiger partial charge is 0.257 e. The summed E-state index contributed by atoms with van der Waals surface area (Å²) >= 11 is 2.65. The number of nitrogens with two attached hydrogens (primary N) is 1. The SMILES string of the molecule is Nc1nc(Sc2nncs2)nc(-n2cncn2)n1. The Balaban J connectivity index is 1.96. The van der Waals surface area contributed by atoms with Gasteiger partial charge in [0.1, 0.15) is 18.2 Å². The Bertz CT molecular complexity index is 635. The molecule has 3 aromatic rings. The molecule has 0 aromatic carbocycles.